The molecule has 1 atom stereocenters. The van der Waals surface area contributed by atoms with Gasteiger partial charge in [0.05, 0.1) is 12.5 Å². The lowest BCUT2D eigenvalue weighted by Gasteiger charge is -2.40. The van der Waals surface area contributed by atoms with E-state index in [1.165, 1.54) is 11.3 Å². The maximum atomic E-state index is 8.88. The van der Waals surface area contributed by atoms with Crippen LogP contribution in [0.3, 0.4) is 0 Å². The predicted molar refractivity (Wildman–Crippen MR) is 77.7 cm³/mol. The van der Waals surface area contributed by atoms with Crippen LogP contribution in [0.5, 0.6) is 0 Å². The van der Waals surface area contributed by atoms with Crippen molar-refractivity contribution in [3.05, 3.63) is 28.2 Å². The third kappa shape index (κ3) is 2.85. The van der Waals surface area contributed by atoms with E-state index in [2.05, 4.69) is 64.0 Å². The van der Waals surface area contributed by atoms with E-state index >= 15 is 0 Å². The molecule has 0 aliphatic carbocycles. The van der Waals surface area contributed by atoms with Gasteiger partial charge in [-0.2, -0.15) is 5.26 Å². The van der Waals surface area contributed by atoms with E-state index in [4.69, 9.17) is 5.26 Å². The standard InChI is InChI=1S/C14H18BrN3/c1-11-9-12(15)3-4-14(11)18-8-7-17(2)13(10-18)5-6-16/h3-4,9,13H,5,7-8,10H2,1-2H3. The summed E-state index contributed by atoms with van der Waals surface area (Å²) in [6.07, 6.45) is 0.600. The van der Waals surface area contributed by atoms with Crippen LogP contribution >= 0.6 is 15.9 Å². The fourth-order valence-corrected chi connectivity index (χ4v) is 2.94. The molecule has 0 N–H and O–H groups in total. The molecule has 1 aromatic carbocycles. The molecular weight excluding hydrogens is 290 g/mol. The van der Waals surface area contributed by atoms with Crippen molar-refractivity contribution < 1.29 is 0 Å². The molecule has 1 aliphatic heterocycles. The van der Waals surface area contributed by atoms with Crippen molar-refractivity contribution in [3.63, 3.8) is 0 Å². The van der Waals surface area contributed by atoms with Crippen LogP contribution in [0.15, 0.2) is 22.7 Å². The van der Waals surface area contributed by atoms with Crippen LogP contribution in [0.4, 0.5) is 5.69 Å². The lowest BCUT2D eigenvalue weighted by Crippen LogP contribution is -2.51. The summed E-state index contributed by atoms with van der Waals surface area (Å²) in [4.78, 5) is 4.68. The minimum atomic E-state index is 0.340. The number of likely N-dealkylation sites (N-methyl/N-ethyl adjacent to an activating group) is 1. The SMILES string of the molecule is Cc1cc(Br)ccc1N1CCN(C)C(CC#N)C1. The Morgan fingerprint density at radius 1 is 1.44 bits per heavy atom. The summed E-state index contributed by atoms with van der Waals surface area (Å²) in [5.74, 6) is 0. The molecule has 0 spiro atoms. The number of halogens is 1. The Hall–Kier alpha value is -1.05. The molecule has 3 nitrogen and oxygen atoms in total. The fraction of sp³-hybridized carbons (Fsp3) is 0.500. The molecule has 1 saturated heterocycles. The topological polar surface area (TPSA) is 30.3 Å². The predicted octanol–water partition coefficient (Wildman–Crippen LogP) is 2.79. The number of piperazine rings is 1. The molecular formula is C14H18BrN3. The first-order valence-corrected chi connectivity index (χ1v) is 6.99. The summed E-state index contributed by atoms with van der Waals surface area (Å²) < 4.78 is 1.12. The van der Waals surface area contributed by atoms with Gasteiger partial charge in [-0.25, -0.2) is 0 Å². The van der Waals surface area contributed by atoms with Crippen LogP contribution in [-0.2, 0) is 0 Å². The van der Waals surface area contributed by atoms with Crippen LogP contribution < -0.4 is 4.90 Å². The summed E-state index contributed by atoms with van der Waals surface area (Å²) in [5.41, 5.74) is 2.57. The Labute approximate surface area is 117 Å². The van der Waals surface area contributed by atoms with Gasteiger partial charge in [-0.15, -0.1) is 0 Å². The van der Waals surface area contributed by atoms with Gasteiger partial charge in [0.25, 0.3) is 0 Å². The third-order valence-corrected chi connectivity index (χ3v) is 4.10. The van der Waals surface area contributed by atoms with Crippen LogP contribution in [0.2, 0.25) is 0 Å². The van der Waals surface area contributed by atoms with Crippen LogP contribution in [-0.4, -0.2) is 37.6 Å². The number of nitriles is 1. The van der Waals surface area contributed by atoms with Gasteiger partial charge in [-0.05, 0) is 37.7 Å². The zero-order valence-corrected chi connectivity index (χ0v) is 12.4. The third-order valence-electron chi connectivity index (χ3n) is 3.60. The summed E-state index contributed by atoms with van der Waals surface area (Å²) in [6.45, 7) is 5.12. The van der Waals surface area contributed by atoms with E-state index in [-0.39, 0.29) is 0 Å². The monoisotopic (exact) mass is 307 g/mol. The Balaban J connectivity index is 2.16. The second kappa shape index (κ2) is 5.73. The number of rotatable bonds is 2. The molecule has 0 bridgehead atoms. The number of hydrogen-bond acceptors (Lipinski definition) is 3. The molecule has 1 unspecified atom stereocenters. The molecule has 0 radical (unpaired) electrons. The second-order valence-electron chi connectivity index (χ2n) is 4.87. The Kier molecular flexibility index (Phi) is 4.26. The zero-order valence-electron chi connectivity index (χ0n) is 10.9. The Bertz CT molecular complexity index is 467. The van der Waals surface area contributed by atoms with E-state index in [0.29, 0.717) is 12.5 Å². The van der Waals surface area contributed by atoms with E-state index in [1.807, 2.05) is 0 Å². The first-order chi connectivity index (χ1) is 8.61. The lowest BCUT2D eigenvalue weighted by atomic mass is 10.1. The van der Waals surface area contributed by atoms with E-state index in [1.54, 1.807) is 0 Å². The Morgan fingerprint density at radius 2 is 2.22 bits per heavy atom. The van der Waals surface area contributed by atoms with Crippen molar-refractivity contribution >= 4 is 21.6 Å². The molecule has 0 saturated carbocycles. The maximum Gasteiger partial charge on any atom is 0.0638 e. The highest BCUT2D eigenvalue weighted by Gasteiger charge is 2.24. The molecule has 18 heavy (non-hydrogen) atoms. The molecule has 1 aliphatic rings. The van der Waals surface area contributed by atoms with Gasteiger partial charge in [-0.1, -0.05) is 15.9 Å². The number of hydrogen-bond donors (Lipinski definition) is 0. The second-order valence-corrected chi connectivity index (χ2v) is 5.79. The number of nitrogens with zero attached hydrogens (tertiary/aromatic N) is 3. The highest BCUT2D eigenvalue weighted by atomic mass is 79.9. The minimum absolute atomic E-state index is 0.340. The van der Waals surface area contributed by atoms with Crippen molar-refractivity contribution in [3.8, 4) is 6.07 Å². The van der Waals surface area contributed by atoms with Gasteiger partial charge >= 0.3 is 0 Å². The quantitative estimate of drug-likeness (QED) is 0.841. The summed E-state index contributed by atoms with van der Waals surface area (Å²) in [6, 6.07) is 9.02. The van der Waals surface area contributed by atoms with Crippen molar-refractivity contribution in [2.45, 2.75) is 19.4 Å². The van der Waals surface area contributed by atoms with E-state index in [0.717, 1.165) is 24.1 Å². The highest BCUT2D eigenvalue weighted by molar-refractivity contribution is 9.10. The molecule has 1 fully saturated rings. The molecule has 96 valence electrons. The average molecular weight is 308 g/mol. The van der Waals surface area contributed by atoms with Crippen molar-refractivity contribution in [2.75, 3.05) is 31.6 Å². The number of aryl methyl sites for hydroxylation is 1. The van der Waals surface area contributed by atoms with Crippen LogP contribution in [0.1, 0.15) is 12.0 Å². The molecule has 1 aromatic rings. The average Bonchev–Trinajstić information content (AvgIpc) is 2.33. The normalized spacial score (nSPS) is 20.8. The first kappa shape index (κ1) is 13.4. The molecule has 4 heteroatoms. The van der Waals surface area contributed by atoms with Crippen LogP contribution in [0, 0.1) is 18.3 Å². The fourth-order valence-electron chi connectivity index (χ4n) is 2.46. The van der Waals surface area contributed by atoms with E-state index in [9.17, 15) is 0 Å². The lowest BCUT2D eigenvalue weighted by molar-refractivity contribution is 0.221. The van der Waals surface area contributed by atoms with Gasteiger partial charge < -0.3 is 4.90 Å². The van der Waals surface area contributed by atoms with Crippen molar-refractivity contribution in [1.82, 2.24) is 4.90 Å². The van der Waals surface area contributed by atoms with Gasteiger partial charge in [0, 0.05) is 35.8 Å². The molecule has 2 rings (SSSR count). The minimum Gasteiger partial charge on any atom is -0.368 e. The number of benzene rings is 1. The summed E-state index contributed by atoms with van der Waals surface area (Å²) >= 11 is 3.50. The maximum absolute atomic E-state index is 8.88. The van der Waals surface area contributed by atoms with Gasteiger partial charge in [0.15, 0.2) is 0 Å². The summed E-state index contributed by atoms with van der Waals surface area (Å²) in [5, 5.41) is 8.88. The van der Waals surface area contributed by atoms with Crippen LogP contribution in [0.25, 0.3) is 0 Å². The summed E-state index contributed by atoms with van der Waals surface area (Å²) in [7, 11) is 2.10. The van der Waals surface area contributed by atoms with Crippen molar-refractivity contribution in [2.24, 2.45) is 0 Å². The van der Waals surface area contributed by atoms with Gasteiger partial charge in [0.1, 0.15) is 0 Å². The molecule has 0 aromatic heterocycles. The van der Waals surface area contributed by atoms with E-state index < -0.39 is 0 Å². The Morgan fingerprint density at radius 3 is 2.89 bits per heavy atom. The number of anilines is 1. The van der Waals surface area contributed by atoms with Gasteiger partial charge in [-0.3, -0.25) is 4.90 Å². The molecule has 1 heterocycles. The van der Waals surface area contributed by atoms with Crippen molar-refractivity contribution in [1.29, 1.82) is 5.26 Å². The first-order valence-electron chi connectivity index (χ1n) is 6.20. The highest BCUT2D eigenvalue weighted by Crippen LogP contribution is 2.26. The molecule has 0 amide bonds. The van der Waals surface area contributed by atoms with Gasteiger partial charge in [0.2, 0.25) is 0 Å². The smallest absolute Gasteiger partial charge is 0.0638 e. The zero-order chi connectivity index (χ0) is 13.1. The largest absolute Gasteiger partial charge is 0.368 e.